The molecule has 0 bridgehead atoms. The number of hydrogen-bond donors (Lipinski definition) is 1. The van der Waals surface area contributed by atoms with Crippen molar-refractivity contribution in [3.8, 4) is 11.4 Å². The van der Waals surface area contributed by atoms with Gasteiger partial charge in [0.2, 0.25) is 4.77 Å². The molecule has 0 aliphatic heterocycles. The molecule has 7 heteroatoms. The van der Waals surface area contributed by atoms with Crippen molar-refractivity contribution < 1.29 is 4.39 Å². The van der Waals surface area contributed by atoms with Crippen LogP contribution >= 0.6 is 12.2 Å². The molecule has 1 aromatic carbocycles. The first kappa shape index (κ1) is 13.3. The number of pyridine rings is 1. The number of hydrogen-bond acceptors (Lipinski definition) is 4. The SMILES string of the molecule is Fc1ccc(-c2n[nH]c(=S)n2/N=C\c2ccccn2)cc1. The molecule has 2 heterocycles. The van der Waals surface area contributed by atoms with Crippen LogP contribution in [0.1, 0.15) is 5.69 Å². The maximum atomic E-state index is 13.0. The maximum absolute atomic E-state index is 13.0. The summed E-state index contributed by atoms with van der Waals surface area (Å²) in [6.45, 7) is 0. The van der Waals surface area contributed by atoms with Gasteiger partial charge in [-0.05, 0) is 48.6 Å². The molecule has 0 saturated carbocycles. The van der Waals surface area contributed by atoms with Crippen LogP contribution in [0.15, 0.2) is 53.8 Å². The van der Waals surface area contributed by atoms with Crippen LogP contribution in [0.4, 0.5) is 4.39 Å². The number of aromatic amines is 1. The number of aromatic nitrogens is 4. The average Bonchev–Trinajstić information content (AvgIpc) is 2.88. The summed E-state index contributed by atoms with van der Waals surface area (Å²) in [4.78, 5) is 4.15. The quantitative estimate of drug-likeness (QED) is 0.597. The fraction of sp³-hybridized carbons (Fsp3) is 0. The van der Waals surface area contributed by atoms with Crippen LogP contribution in [0.3, 0.4) is 0 Å². The Labute approximate surface area is 124 Å². The first-order chi connectivity index (χ1) is 10.2. The molecule has 0 spiro atoms. The molecule has 0 aliphatic rings. The molecule has 0 saturated heterocycles. The lowest BCUT2D eigenvalue weighted by Gasteiger charge is -2.00. The number of nitrogens with zero attached hydrogens (tertiary/aromatic N) is 4. The van der Waals surface area contributed by atoms with E-state index in [-0.39, 0.29) is 5.82 Å². The van der Waals surface area contributed by atoms with Crippen molar-refractivity contribution in [2.75, 3.05) is 0 Å². The summed E-state index contributed by atoms with van der Waals surface area (Å²) in [5, 5.41) is 11.1. The molecule has 0 aliphatic carbocycles. The molecule has 0 fully saturated rings. The highest BCUT2D eigenvalue weighted by Gasteiger charge is 2.07. The van der Waals surface area contributed by atoms with E-state index in [1.54, 1.807) is 24.5 Å². The zero-order valence-electron chi connectivity index (χ0n) is 10.8. The Morgan fingerprint density at radius 3 is 2.71 bits per heavy atom. The van der Waals surface area contributed by atoms with Gasteiger partial charge in [-0.3, -0.25) is 4.98 Å². The Hall–Kier alpha value is -2.67. The van der Waals surface area contributed by atoms with E-state index < -0.39 is 0 Å². The van der Waals surface area contributed by atoms with Crippen molar-refractivity contribution in [3.63, 3.8) is 0 Å². The Bertz CT molecular complexity index is 821. The molecule has 0 unspecified atom stereocenters. The van der Waals surface area contributed by atoms with Crippen LogP contribution in [-0.4, -0.2) is 26.1 Å². The molecule has 1 N–H and O–H groups in total. The van der Waals surface area contributed by atoms with Crippen LogP contribution < -0.4 is 0 Å². The summed E-state index contributed by atoms with van der Waals surface area (Å²) in [6, 6.07) is 11.5. The monoisotopic (exact) mass is 299 g/mol. The molecule has 0 amide bonds. The van der Waals surface area contributed by atoms with E-state index in [4.69, 9.17) is 12.2 Å². The van der Waals surface area contributed by atoms with Crippen molar-refractivity contribution in [3.05, 3.63) is 64.9 Å². The van der Waals surface area contributed by atoms with Gasteiger partial charge in [-0.2, -0.15) is 14.9 Å². The van der Waals surface area contributed by atoms with Crippen molar-refractivity contribution in [2.45, 2.75) is 0 Å². The third-order valence-electron chi connectivity index (χ3n) is 2.75. The molecule has 5 nitrogen and oxygen atoms in total. The second-order valence-electron chi connectivity index (χ2n) is 4.17. The van der Waals surface area contributed by atoms with Gasteiger partial charge < -0.3 is 0 Å². The van der Waals surface area contributed by atoms with Crippen molar-refractivity contribution in [2.24, 2.45) is 5.10 Å². The molecule has 3 rings (SSSR count). The maximum Gasteiger partial charge on any atom is 0.216 e. The van der Waals surface area contributed by atoms with Gasteiger partial charge in [-0.15, -0.1) is 0 Å². The largest absolute Gasteiger partial charge is 0.255 e. The fourth-order valence-corrected chi connectivity index (χ4v) is 1.93. The van der Waals surface area contributed by atoms with Gasteiger partial charge in [0, 0.05) is 11.8 Å². The van der Waals surface area contributed by atoms with Gasteiger partial charge in [0.25, 0.3) is 0 Å². The Kier molecular flexibility index (Phi) is 3.65. The highest BCUT2D eigenvalue weighted by Crippen LogP contribution is 2.17. The van der Waals surface area contributed by atoms with Gasteiger partial charge >= 0.3 is 0 Å². The number of H-pyrrole nitrogens is 1. The molecule has 21 heavy (non-hydrogen) atoms. The van der Waals surface area contributed by atoms with E-state index in [9.17, 15) is 4.39 Å². The Morgan fingerprint density at radius 2 is 2.00 bits per heavy atom. The summed E-state index contributed by atoms with van der Waals surface area (Å²) >= 11 is 5.15. The van der Waals surface area contributed by atoms with E-state index in [1.165, 1.54) is 16.8 Å². The number of nitrogens with one attached hydrogen (secondary N) is 1. The van der Waals surface area contributed by atoms with Gasteiger partial charge in [0.1, 0.15) is 5.82 Å². The van der Waals surface area contributed by atoms with Gasteiger partial charge in [0.05, 0.1) is 11.9 Å². The van der Waals surface area contributed by atoms with E-state index in [0.29, 0.717) is 21.9 Å². The normalized spacial score (nSPS) is 11.1. The smallest absolute Gasteiger partial charge is 0.216 e. The van der Waals surface area contributed by atoms with Gasteiger partial charge in [-0.25, -0.2) is 9.49 Å². The van der Waals surface area contributed by atoms with Crippen LogP contribution in [0, 0.1) is 10.6 Å². The molecule has 0 radical (unpaired) electrons. The lowest BCUT2D eigenvalue weighted by molar-refractivity contribution is 0.628. The molecular weight excluding hydrogens is 289 g/mol. The lowest BCUT2D eigenvalue weighted by atomic mass is 10.2. The number of halogens is 1. The Morgan fingerprint density at radius 1 is 1.19 bits per heavy atom. The average molecular weight is 299 g/mol. The summed E-state index contributed by atoms with van der Waals surface area (Å²) in [5.41, 5.74) is 1.41. The topological polar surface area (TPSA) is 58.9 Å². The van der Waals surface area contributed by atoms with Crippen LogP contribution in [0.5, 0.6) is 0 Å². The van der Waals surface area contributed by atoms with Crippen molar-refractivity contribution in [1.29, 1.82) is 0 Å². The number of rotatable bonds is 3. The third kappa shape index (κ3) is 2.92. The molecule has 2 aromatic heterocycles. The van der Waals surface area contributed by atoms with E-state index >= 15 is 0 Å². The number of benzene rings is 1. The summed E-state index contributed by atoms with van der Waals surface area (Å²) in [6.07, 6.45) is 3.26. The van der Waals surface area contributed by atoms with Crippen molar-refractivity contribution in [1.82, 2.24) is 19.9 Å². The van der Waals surface area contributed by atoms with Gasteiger partial charge in [0.15, 0.2) is 5.82 Å². The second kappa shape index (κ2) is 5.76. The molecule has 0 atom stereocenters. The van der Waals surface area contributed by atoms with Gasteiger partial charge in [-0.1, -0.05) is 6.07 Å². The third-order valence-corrected chi connectivity index (χ3v) is 3.01. The summed E-state index contributed by atoms with van der Waals surface area (Å²) in [5.74, 6) is 0.198. The van der Waals surface area contributed by atoms with Crippen molar-refractivity contribution >= 4 is 18.4 Å². The van der Waals surface area contributed by atoms with E-state index in [1.807, 2.05) is 18.2 Å². The molecular formula is C14H10FN5S. The standard InChI is InChI=1S/C14H10FN5S/c15-11-6-4-10(5-7-11)13-18-19-14(21)20(13)17-9-12-3-1-2-8-16-12/h1-9H,(H,19,21)/b17-9-. The van der Waals surface area contributed by atoms with E-state index in [0.717, 1.165) is 0 Å². The minimum absolute atomic E-state index is 0.309. The molecule has 104 valence electrons. The second-order valence-corrected chi connectivity index (χ2v) is 4.56. The Balaban J connectivity index is 2.00. The van der Waals surface area contributed by atoms with Crippen LogP contribution in [-0.2, 0) is 0 Å². The van der Waals surface area contributed by atoms with Crippen LogP contribution in [0.25, 0.3) is 11.4 Å². The first-order valence-corrected chi connectivity index (χ1v) is 6.53. The summed E-state index contributed by atoms with van der Waals surface area (Å²) in [7, 11) is 0. The summed E-state index contributed by atoms with van der Waals surface area (Å²) < 4.78 is 14.8. The predicted molar refractivity (Wildman–Crippen MR) is 80.0 cm³/mol. The zero-order valence-corrected chi connectivity index (χ0v) is 11.6. The van der Waals surface area contributed by atoms with E-state index in [2.05, 4.69) is 20.3 Å². The highest BCUT2D eigenvalue weighted by molar-refractivity contribution is 7.71. The minimum Gasteiger partial charge on any atom is -0.255 e. The fourth-order valence-electron chi connectivity index (χ4n) is 1.75. The highest BCUT2D eigenvalue weighted by atomic mass is 32.1. The van der Waals surface area contributed by atoms with Crippen LogP contribution in [0.2, 0.25) is 0 Å². The molecule has 3 aromatic rings. The first-order valence-electron chi connectivity index (χ1n) is 6.13. The lowest BCUT2D eigenvalue weighted by Crippen LogP contribution is -1.96. The minimum atomic E-state index is -0.309. The predicted octanol–water partition coefficient (Wildman–Crippen LogP) is 3.02. The zero-order chi connectivity index (χ0) is 14.7.